The number of aromatic nitrogens is 3. The second-order valence-corrected chi connectivity index (χ2v) is 10.5. The molecule has 2 aromatic heterocycles. The Kier molecular flexibility index (Phi) is 8.61. The number of thioether (sulfide) groups is 1. The lowest BCUT2D eigenvalue weighted by atomic mass is 9.97. The second kappa shape index (κ2) is 12.0. The van der Waals surface area contributed by atoms with Crippen LogP contribution in [0.3, 0.4) is 0 Å². The third-order valence-electron chi connectivity index (χ3n) is 5.83. The van der Waals surface area contributed by atoms with Crippen LogP contribution in [0.25, 0.3) is 0 Å². The molecule has 4 rings (SSSR count). The summed E-state index contributed by atoms with van der Waals surface area (Å²) in [6, 6.07) is 10.2. The molecule has 9 heteroatoms. The van der Waals surface area contributed by atoms with Crippen LogP contribution in [-0.4, -0.2) is 26.4 Å². The first-order valence-electron chi connectivity index (χ1n) is 11.8. The lowest BCUT2D eigenvalue weighted by Crippen LogP contribution is -2.15. The molecule has 0 unspecified atom stereocenters. The number of rotatable bonds is 9. The normalized spacial score (nSPS) is 13.3. The molecule has 0 fully saturated rings. The number of anilines is 1. The Bertz CT molecular complexity index is 1240. The summed E-state index contributed by atoms with van der Waals surface area (Å²) >= 11 is 2.86. The molecule has 7 nitrogen and oxygen atoms in total. The second-order valence-electron chi connectivity index (χ2n) is 8.47. The van der Waals surface area contributed by atoms with Crippen LogP contribution in [0.15, 0.2) is 42.1 Å². The van der Waals surface area contributed by atoms with Crippen LogP contribution in [0.1, 0.15) is 53.1 Å². The molecule has 0 atom stereocenters. The van der Waals surface area contributed by atoms with Gasteiger partial charge in [-0.15, -0.1) is 28.1 Å². The van der Waals surface area contributed by atoms with Gasteiger partial charge in [-0.05, 0) is 55.9 Å². The van der Waals surface area contributed by atoms with E-state index in [1.54, 1.807) is 17.4 Å². The molecule has 182 valence electrons. The van der Waals surface area contributed by atoms with Gasteiger partial charge in [0.1, 0.15) is 23.4 Å². The smallest absolute Gasteiger partial charge is 0.235 e. The van der Waals surface area contributed by atoms with E-state index in [4.69, 9.17) is 4.74 Å². The summed E-state index contributed by atoms with van der Waals surface area (Å²) in [6.45, 7) is 6.62. The van der Waals surface area contributed by atoms with E-state index in [-0.39, 0.29) is 18.3 Å². The van der Waals surface area contributed by atoms with Crippen molar-refractivity contribution in [2.45, 2.75) is 63.8 Å². The molecular weight excluding hydrogens is 478 g/mol. The van der Waals surface area contributed by atoms with Crippen molar-refractivity contribution < 1.29 is 9.53 Å². The number of carbonyl (C=O) groups excluding carboxylic acids is 1. The van der Waals surface area contributed by atoms with E-state index in [1.807, 2.05) is 35.8 Å². The van der Waals surface area contributed by atoms with Gasteiger partial charge in [-0.3, -0.25) is 9.36 Å². The number of carbonyl (C=O) groups is 1. The van der Waals surface area contributed by atoms with Gasteiger partial charge in [0.25, 0.3) is 0 Å². The monoisotopic (exact) mass is 507 g/mol. The topological polar surface area (TPSA) is 92.8 Å². The van der Waals surface area contributed by atoms with E-state index in [0.29, 0.717) is 28.1 Å². The van der Waals surface area contributed by atoms with Gasteiger partial charge < -0.3 is 10.1 Å². The number of hydrogen-bond acceptors (Lipinski definition) is 7. The van der Waals surface area contributed by atoms with Crippen molar-refractivity contribution in [1.29, 1.82) is 5.26 Å². The zero-order valence-corrected chi connectivity index (χ0v) is 21.5. The molecule has 1 aliphatic rings. The van der Waals surface area contributed by atoms with Crippen molar-refractivity contribution in [2.75, 3.05) is 11.1 Å². The molecule has 1 aliphatic carbocycles. The van der Waals surface area contributed by atoms with Gasteiger partial charge in [0.2, 0.25) is 5.91 Å². The Morgan fingerprint density at radius 2 is 2.14 bits per heavy atom. The number of benzene rings is 1. The molecule has 1 N–H and O–H groups in total. The van der Waals surface area contributed by atoms with Crippen LogP contribution in [0.4, 0.5) is 5.00 Å². The minimum atomic E-state index is -0.161. The van der Waals surface area contributed by atoms with E-state index in [0.717, 1.165) is 42.6 Å². The highest BCUT2D eigenvalue weighted by molar-refractivity contribution is 7.99. The van der Waals surface area contributed by atoms with E-state index < -0.39 is 0 Å². The number of nitriles is 1. The van der Waals surface area contributed by atoms with Gasteiger partial charge in [0.15, 0.2) is 11.0 Å². The average Bonchev–Trinajstić information content (AvgIpc) is 3.36. The summed E-state index contributed by atoms with van der Waals surface area (Å²) in [4.78, 5) is 14.0. The Hall–Kier alpha value is -3.09. The van der Waals surface area contributed by atoms with E-state index in [1.165, 1.54) is 29.5 Å². The zero-order valence-electron chi connectivity index (χ0n) is 19.9. The van der Waals surface area contributed by atoms with Crippen molar-refractivity contribution >= 4 is 34.0 Å². The average molecular weight is 508 g/mol. The molecule has 0 saturated carbocycles. The van der Waals surface area contributed by atoms with Gasteiger partial charge in [0.05, 0.1) is 11.3 Å². The number of hydrogen-bond donors (Lipinski definition) is 1. The molecule has 0 aliphatic heterocycles. The number of allylic oxidation sites excluding steroid dienone is 1. The fourth-order valence-corrected chi connectivity index (χ4v) is 6.14. The quantitative estimate of drug-likeness (QED) is 0.296. The van der Waals surface area contributed by atoms with Gasteiger partial charge in [0, 0.05) is 11.4 Å². The lowest BCUT2D eigenvalue weighted by Gasteiger charge is -2.09. The van der Waals surface area contributed by atoms with Gasteiger partial charge >= 0.3 is 0 Å². The summed E-state index contributed by atoms with van der Waals surface area (Å²) in [5.41, 5.74) is 2.88. The van der Waals surface area contributed by atoms with Crippen LogP contribution in [-0.2, 0) is 30.8 Å². The third kappa shape index (κ3) is 6.32. The molecule has 0 saturated heterocycles. The molecule has 0 radical (unpaired) electrons. The first-order valence-corrected chi connectivity index (χ1v) is 13.6. The summed E-state index contributed by atoms with van der Waals surface area (Å²) in [5.74, 6) is 1.44. The fourth-order valence-electron chi connectivity index (χ4n) is 4.12. The van der Waals surface area contributed by atoms with Crippen LogP contribution in [0.2, 0.25) is 0 Å². The number of thiophene rings is 1. The minimum Gasteiger partial charge on any atom is -0.486 e. The Balaban J connectivity index is 1.40. The molecule has 0 spiro atoms. The van der Waals surface area contributed by atoms with Crippen LogP contribution >= 0.6 is 23.1 Å². The van der Waals surface area contributed by atoms with Crippen LogP contribution in [0, 0.1) is 18.3 Å². The van der Waals surface area contributed by atoms with Crippen LogP contribution in [0.5, 0.6) is 5.75 Å². The maximum Gasteiger partial charge on any atom is 0.235 e. The third-order valence-corrected chi connectivity index (χ3v) is 8.01. The lowest BCUT2D eigenvalue weighted by molar-refractivity contribution is -0.113. The molecule has 1 aromatic carbocycles. The number of nitrogens with zero attached hydrogens (tertiary/aromatic N) is 4. The zero-order chi connectivity index (χ0) is 24.6. The number of fused-ring (bicyclic) bond motifs is 1. The highest BCUT2D eigenvalue weighted by atomic mass is 32.2. The Morgan fingerprint density at radius 3 is 2.91 bits per heavy atom. The standard InChI is InChI=1S/C26H29N5O2S2/c1-3-13-31-23(16-33-19-10-8-9-18(2)14-19)29-30-26(31)34-17-24(32)28-25-21(15-27)20-11-6-4-5-7-12-22(20)35-25/h3,8-10,14H,1,4-7,11-13,16-17H2,2H3,(H,28,32). The summed E-state index contributed by atoms with van der Waals surface area (Å²) in [6.07, 6.45) is 8.31. The van der Waals surface area contributed by atoms with Crippen molar-refractivity contribution in [3.05, 3.63) is 64.3 Å². The van der Waals surface area contributed by atoms with Crippen LogP contribution < -0.4 is 10.1 Å². The van der Waals surface area contributed by atoms with Gasteiger partial charge in [-0.25, -0.2) is 0 Å². The predicted octanol–water partition coefficient (Wildman–Crippen LogP) is 5.67. The molecule has 3 aromatic rings. The SMILES string of the molecule is C=CCn1c(COc2cccc(C)c2)nnc1SCC(=O)Nc1sc2c(c1C#N)CCCCCC2. The Morgan fingerprint density at radius 1 is 1.31 bits per heavy atom. The molecule has 0 bridgehead atoms. The van der Waals surface area contributed by atoms with Crippen molar-refractivity contribution in [3.8, 4) is 11.8 Å². The van der Waals surface area contributed by atoms with Gasteiger partial charge in [-0.1, -0.05) is 42.8 Å². The van der Waals surface area contributed by atoms with Crippen molar-refractivity contribution in [3.63, 3.8) is 0 Å². The number of ether oxygens (including phenoxy) is 1. The first kappa shape index (κ1) is 25.0. The Labute approximate surface area is 214 Å². The molecular formula is C26H29N5O2S2. The maximum atomic E-state index is 12.8. The summed E-state index contributed by atoms with van der Waals surface area (Å²) in [7, 11) is 0. The summed E-state index contributed by atoms with van der Waals surface area (Å²) < 4.78 is 7.79. The molecule has 1 amide bonds. The predicted molar refractivity (Wildman–Crippen MR) is 140 cm³/mol. The minimum absolute atomic E-state index is 0.161. The van der Waals surface area contributed by atoms with Crippen molar-refractivity contribution in [1.82, 2.24) is 14.8 Å². The fraction of sp³-hybridized carbons (Fsp3) is 0.385. The van der Waals surface area contributed by atoms with E-state index in [2.05, 4.69) is 28.2 Å². The first-order chi connectivity index (χ1) is 17.1. The van der Waals surface area contributed by atoms with E-state index >= 15 is 0 Å². The molecule has 35 heavy (non-hydrogen) atoms. The van der Waals surface area contributed by atoms with E-state index in [9.17, 15) is 10.1 Å². The number of aryl methyl sites for hydroxylation is 2. The highest BCUT2D eigenvalue weighted by Gasteiger charge is 2.21. The largest absolute Gasteiger partial charge is 0.486 e. The highest BCUT2D eigenvalue weighted by Crippen LogP contribution is 2.36. The maximum absolute atomic E-state index is 12.8. The molecule has 2 heterocycles. The summed E-state index contributed by atoms with van der Waals surface area (Å²) in [5, 5.41) is 22.6. The van der Waals surface area contributed by atoms with Gasteiger partial charge in [-0.2, -0.15) is 5.26 Å². The number of amides is 1. The van der Waals surface area contributed by atoms with Crippen molar-refractivity contribution in [2.24, 2.45) is 0 Å². The number of nitrogens with one attached hydrogen (secondary N) is 1.